The molecule has 1 fully saturated rings. The van der Waals surface area contributed by atoms with Gasteiger partial charge in [-0.1, -0.05) is 18.2 Å². The number of nitriles is 1. The van der Waals surface area contributed by atoms with Gasteiger partial charge in [0, 0.05) is 18.5 Å². The number of rotatable bonds is 2. The minimum absolute atomic E-state index is 0.514. The molecule has 1 unspecified atom stereocenters. The summed E-state index contributed by atoms with van der Waals surface area (Å²) in [4.78, 5) is 6.84. The summed E-state index contributed by atoms with van der Waals surface area (Å²) in [6, 6.07) is 12.1. The van der Waals surface area contributed by atoms with Crippen molar-refractivity contribution in [3.05, 3.63) is 35.9 Å². The van der Waals surface area contributed by atoms with Gasteiger partial charge in [0.25, 0.3) is 0 Å². The number of benzene rings is 1. The molecule has 1 aliphatic heterocycles. The molecule has 2 N–H and O–H groups in total. The van der Waals surface area contributed by atoms with Crippen molar-refractivity contribution in [2.45, 2.75) is 6.42 Å². The lowest BCUT2D eigenvalue weighted by atomic mass is 10.1. The monoisotopic (exact) mass is 252 g/mol. The molecule has 1 saturated heterocycles. The summed E-state index contributed by atoms with van der Waals surface area (Å²) in [5.74, 6) is 1.32. The van der Waals surface area contributed by atoms with Gasteiger partial charge in [-0.3, -0.25) is 0 Å². The smallest absolute Gasteiger partial charge is 0.147 e. The molecule has 4 nitrogen and oxygen atoms in total. The van der Waals surface area contributed by atoms with Crippen molar-refractivity contribution in [1.29, 1.82) is 5.26 Å². The molecule has 0 aliphatic carbocycles. The van der Waals surface area contributed by atoms with Crippen LogP contribution in [0.2, 0.25) is 0 Å². The third-order valence-electron chi connectivity index (χ3n) is 3.74. The summed E-state index contributed by atoms with van der Waals surface area (Å²) in [6.45, 7) is 2.53. The van der Waals surface area contributed by atoms with Crippen molar-refractivity contribution in [2.24, 2.45) is 11.7 Å². The zero-order valence-electron chi connectivity index (χ0n) is 10.7. The number of hydrogen-bond acceptors (Lipinski definition) is 4. The van der Waals surface area contributed by atoms with Gasteiger partial charge in [0.1, 0.15) is 11.9 Å². The standard InChI is InChI=1S/C15H16N4/c16-8-11-5-6-19(10-11)15-13(9-17)7-12-3-1-2-4-14(12)18-15/h1-4,7,11H,5-6,8,10,16H2. The lowest BCUT2D eigenvalue weighted by molar-refractivity contribution is 0.602. The molecule has 1 aromatic carbocycles. The Labute approximate surface area is 112 Å². The topological polar surface area (TPSA) is 65.9 Å². The van der Waals surface area contributed by atoms with Crippen molar-refractivity contribution in [3.63, 3.8) is 0 Å². The van der Waals surface area contributed by atoms with Gasteiger partial charge in [-0.05, 0) is 31.0 Å². The molecule has 3 rings (SSSR count). The van der Waals surface area contributed by atoms with Crippen molar-refractivity contribution in [2.75, 3.05) is 24.5 Å². The lowest BCUT2D eigenvalue weighted by Crippen LogP contribution is -2.24. The molecular weight excluding hydrogens is 236 g/mol. The van der Waals surface area contributed by atoms with Crippen molar-refractivity contribution in [1.82, 2.24) is 4.98 Å². The van der Waals surface area contributed by atoms with E-state index in [9.17, 15) is 5.26 Å². The Kier molecular flexibility index (Phi) is 3.06. The molecule has 1 atom stereocenters. The van der Waals surface area contributed by atoms with E-state index in [1.807, 2.05) is 30.3 Å². The van der Waals surface area contributed by atoms with Crippen LogP contribution in [0.1, 0.15) is 12.0 Å². The minimum Gasteiger partial charge on any atom is -0.355 e. The SMILES string of the molecule is N#Cc1cc2ccccc2nc1N1CCC(CN)C1. The highest BCUT2D eigenvalue weighted by Gasteiger charge is 2.24. The van der Waals surface area contributed by atoms with Crippen molar-refractivity contribution in [3.8, 4) is 6.07 Å². The van der Waals surface area contributed by atoms with Crippen molar-refractivity contribution >= 4 is 16.7 Å². The van der Waals surface area contributed by atoms with E-state index in [4.69, 9.17) is 5.73 Å². The maximum atomic E-state index is 9.32. The zero-order valence-corrected chi connectivity index (χ0v) is 10.7. The summed E-state index contributed by atoms with van der Waals surface area (Å²) >= 11 is 0. The van der Waals surface area contributed by atoms with Crippen LogP contribution in [-0.4, -0.2) is 24.6 Å². The number of para-hydroxylation sites is 1. The third kappa shape index (κ3) is 2.13. The molecule has 19 heavy (non-hydrogen) atoms. The second kappa shape index (κ2) is 4.87. The van der Waals surface area contributed by atoms with E-state index in [2.05, 4.69) is 16.0 Å². The van der Waals surface area contributed by atoms with Crippen LogP contribution in [0.3, 0.4) is 0 Å². The van der Waals surface area contributed by atoms with Gasteiger partial charge in [0.05, 0.1) is 11.1 Å². The molecule has 1 aromatic heterocycles. The number of nitrogens with two attached hydrogens (primary N) is 1. The summed E-state index contributed by atoms with van der Waals surface area (Å²) in [5, 5.41) is 10.3. The maximum absolute atomic E-state index is 9.32. The van der Waals surface area contributed by atoms with Crippen LogP contribution >= 0.6 is 0 Å². The van der Waals surface area contributed by atoms with Gasteiger partial charge < -0.3 is 10.6 Å². The first-order valence-corrected chi connectivity index (χ1v) is 6.56. The Morgan fingerprint density at radius 3 is 3.00 bits per heavy atom. The Balaban J connectivity index is 2.05. The fraction of sp³-hybridized carbons (Fsp3) is 0.333. The quantitative estimate of drug-likeness (QED) is 0.886. The predicted molar refractivity (Wildman–Crippen MR) is 75.8 cm³/mol. The first-order chi connectivity index (χ1) is 9.31. The highest BCUT2D eigenvalue weighted by Crippen LogP contribution is 2.27. The minimum atomic E-state index is 0.514. The average Bonchev–Trinajstić information content (AvgIpc) is 2.94. The van der Waals surface area contributed by atoms with Crippen LogP contribution in [0.4, 0.5) is 5.82 Å². The van der Waals surface area contributed by atoms with Gasteiger partial charge in [-0.15, -0.1) is 0 Å². The number of pyridine rings is 1. The summed E-state index contributed by atoms with van der Waals surface area (Å²) in [7, 11) is 0. The van der Waals surface area contributed by atoms with Crippen LogP contribution in [0.25, 0.3) is 10.9 Å². The molecule has 4 heteroatoms. The van der Waals surface area contributed by atoms with Crippen LogP contribution in [0, 0.1) is 17.2 Å². The molecule has 96 valence electrons. The van der Waals surface area contributed by atoms with Crippen LogP contribution < -0.4 is 10.6 Å². The highest BCUT2D eigenvalue weighted by molar-refractivity contribution is 5.83. The van der Waals surface area contributed by atoms with E-state index in [1.165, 1.54) is 0 Å². The maximum Gasteiger partial charge on any atom is 0.147 e. The average molecular weight is 252 g/mol. The number of fused-ring (bicyclic) bond motifs is 1. The summed E-state index contributed by atoms with van der Waals surface area (Å²) in [5.41, 5.74) is 7.31. The number of aromatic nitrogens is 1. The Morgan fingerprint density at radius 2 is 2.26 bits per heavy atom. The molecular formula is C15H16N4. The van der Waals surface area contributed by atoms with Gasteiger partial charge >= 0.3 is 0 Å². The number of nitrogens with zero attached hydrogens (tertiary/aromatic N) is 3. The predicted octanol–water partition coefficient (Wildman–Crippen LogP) is 1.89. The van der Waals surface area contributed by atoms with Gasteiger partial charge in [-0.2, -0.15) is 5.26 Å². The Hall–Kier alpha value is -2.12. The van der Waals surface area contributed by atoms with E-state index in [0.29, 0.717) is 18.0 Å². The molecule has 1 aliphatic rings. The number of hydrogen-bond donors (Lipinski definition) is 1. The number of anilines is 1. The lowest BCUT2D eigenvalue weighted by Gasteiger charge is -2.19. The highest BCUT2D eigenvalue weighted by atomic mass is 15.2. The van der Waals surface area contributed by atoms with Gasteiger partial charge in [0.2, 0.25) is 0 Å². The van der Waals surface area contributed by atoms with Crippen LogP contribution in [0.5, 0.6) is 0 Å². The zero-order chi connectivity index (χ0) is 13.2. The third-order valence-corrected chi connectivity index (χ3v) is 3.74. The van der Waals surface area contributed by atoms with Crippen molar-refractivity contribution < 1.29 is 0 Å². The first-order valence-electron chi connectivity index (χ1n) is 6.56. The summed E-state index contributed by atoms with van der Waals surface area (Å²) < 4.78 is 0. The molecule has 2 aromatic rings. The largest absolute Gasteiger partial charge is 0.355 e. The molecule has 0 bridgehead atoms. The normalized spacial score (nSPS) is 18.7. The molecule has 0 radical (unpaired) electrons. The van der Waals surface area contributed by atoms with E-state index in [0.717, 1.165) is 36.2 Å². The van der Waals surface area contributed by atoms with Crippen LogP contribution in [-0.2, 0) is 0 Å². The fourth-order valence-electron chi connectivity index (χ4n) is 2.65. The summed E-state index contributed by atoms with van der Waals surface area (Å²) in [6.07, 6.45) is 1.08. The first kappa shape index (κ1) is 11.9. The molecule has 0 amide bonds. The van der Waals surface area contributed by atoms with Crippen LogP contribution in [0.15, 0.2) is 30.3 Å². The van der Waals surface area contributed by atoms with Gasteiger partial charge in [-0.25, -0.2) is 4.98 Å². The van der Waals surface area contributed by atoms with Gasteiger partial charge in [0.15, 0.2) is 0 Å². The second-order valence-corrected chi connectivity index (χ2v) is 5.00. The Morgan fingerprint density at radius 1 is 1.42 bits per heavy atom. The second-order valence-electron chi connectivity index (χ2n) is 5.00. The van der Waals surface area contributed by atoms with E-state index in [-0.39, 0.29) is 0 Å². The van der Waals surface area contributed by atoms with E-state index < -0.39 is 0 Å². The van der Waals surface area contributed by atoms with E-state index >= 15 is 0 Å². The Bertz CT molecular complexity index is 644. The molecule has 0 saturated carbocycles. The molecule has 2 heterocycles. The fourth-order valence-corrected chi connectivity index (χ4v) is 2.65. The molecule has 0 spiro atoms. The van der Waals surface area contributed by atoms with E-state index in [1.54, 1.807) is 0 Å².